The van der Waals surface area contributed by atoms with Crippen LogP contribution < -0.4 is 0 Å². The van der Waals surface area contributed by atoms with E-state index in [0.717, 1.165) is 50.5 Å². The third-order valence-electron chi connectivity index (χ3n) is 12.9. The summed E-state index contributed by atoms with van der Waals surface area (Å²) in [4.78, 5) is 11.9. The monoisotopic (exact) mass is 558 g/mol. The third kappa shape index (κ3) is 4.29. The highest BCUT2D eigenvalue weighted by molar-refractivity contribution is 5.66. The number of hydrogen-bond donors (Lipinski definition) is 2. The molecule has 6 heteroatoms. The first-order valence-corrected chi connectivity index (χ1v) is 15.8. The molecule has 0 bridgehead atoms. The molecule has 0 aromatic carbocycles. The number of ether oxygens (including phenoxy) is 3. The molecule has 1 saturated heterocycles. The maximum Gasteiger partial charge on any atom is 0.302 e. The Morgan fingerprint density at radius 1 is 1.12 bits per heavy atom. The van der Waals surface area contributed by atoms with Gasteiger partial charge in [0.2, 0.25) is 0 Å². The molecule has 5 rings (SSSR count). The maximum atomic E-state index is 12.1. The lowest BCUT2D eigenvalue weighted by atomic mass is 9.37. The molecule has 2 N–H and O–H groups in total. The van der Waals surface area contributed by atoms with Gasteiger partial charge in [-0.3, -0.25) is 4.79 Å². The minimum absolute atomic E-state index is 0.0493. The van der Waals surface area contributed by atoms with Gasteiger partial charge in [-0.05, 0) is 93.0 Å². The van der Waals surface area contributed by atoms with Gasteiger partial charge < -0.3 is 24.4 Å². The molecule has 0 unspecified atom stereocenters. The minimum atomic E-state index is -0.689. The zero-order chi connectivity index (χ0) is 29.4. The smallest absolute Gasteiger partial charge is 0.302 e. The number of aliphatic hydroxyl groups excluding tert-OH is 2. The van der Waals surface area contributed by atoms with Crippen molar-refractivity contribution in [1.82, 2.24) is 0 Å². The van der Waals surface area contributed by atoms with E-state index >= 15 is 0 Å². The van der Waals surface area contributed by atoms with Crippen LogP contribution in [0, 0.1) is 45.3 Å². The van der Waals surface area contributed by atoms with Crippen molar-refractivity contribution in [3.8, 4) is 0 Å². The zero-order valence-corrected chi connectivity index (χ0v) is 26.2. The summed E-state index contributed by atoms with van der Waals surface area (Å²) in [5.41, 5.74) is 1.69. The second-order valence-corrected chi connectivity index (χ2v) is 15.2. The summed E-state index contributed by atoms with van der Waals surface area (Å²) in [5.74, 6) is 0.957. The molecule has 0 aromatic heterocycles. The van der Waals surface area contributed by atoms with E-state index in [1.165, 1.54) is 12.5 Å². The van der Waals surface area contributed by atoms with Crippen LogP contribution in [0.2, 0.25) is 0 Å². The Hall–Kier alpha value is -1.21. The largest absolute Gasteiger partial charge is 0.462 e. The molecule has 0 spiro atoms. The van der Waals surface area contributed by atoms with Crippen LogP contribution >= 0.6 is 0 Å². The van der Waals surface area contributed by atoms with E-state index in [9.17, 15) is 15.0 Å². The van der Waals surface area contributed by atoms with Crippen LogP contribution in [0.4, 0.5) is 0 Å². The Labute approximate surface area is 241 Å². The Morgan fingerprint density at radius 3 is 2.45 bits per heavy atom. The van der Waals surface area contributed by atoms with Gasteiger partial charge in [-0.2, -0.15) is 0 Å². The van der Waals surface area contributed by atoms with Gasteiger partial charge in [-0.1, -0.05) is 52.8 Å². The van der Waals surface area contributed by atoms with Crippen molar-refractivity contribution in [1.29, 1.82) is 0 Å². The average molecular weight is 559 g/mol. The van der Waals surface area contributed by atoms with Gasteiger partial charge in [0.25, 0.3) is 0 Å². The quantitative estimate of drug-likeness (QED) is 0.298. The van der Waals surface area contributed by atoms with Crippen LogP contribution in [0.5, 0.6) is 0 Å². The molecule has 0 radical (unpaired) electrons. The number of aliphatic hydroxyl groups is 2. The molecule has 3 saturated carbocycles. The molecule has 5 aliphatic rings. The number of carbonyl (C=O) groups is 1. The molecule has 12 atom stereocenters. The molecule has 1 aliphatic heterocycles. The second-order valence-electron chi connectivity index (χ2n) is 15.2. The van der Waals surface area contributed by atoms with Crippen molar-refractivity contribution in [2.75, 3.05) is 6.61 Å². The van der Waals surface area contributed by atoms with E-state index in [2.05, 4.69) is 47.3 Å². The van der Waals surface area contributed by atoms with Crippen LogP contribution in [0.1, 0.15) is 100 Å². The maximum absolute atomic E-state index is 12.1. The molecule has 0 aromatic rings. The highest BCUT2D eigenvalue weighted by Gasteiger charge is 2.69. The zero-order valence-electron chi connectivity index (χ0n) is 26.2. The highest BCUT2D eigenvalue weighted by atomic mass is 16.7. The molecule has 6 nitrogen and oxygen atoms in total. The van der Waals surface area contributed by atoms with E-state index < -0.39 is 12.2 Å². The summed E-state index contributed by atoms with van der Waals surface area (Å²) in [6, 6.07) is 0. The van der Waals surface area contributed by atoms with Crippen molar-refractivity contribution >= 4 is 5.97 Å². The first-order chi connectivity index (χ1) is 18.6. The fourth-order valence-corrected chi connectivity index (χ4v) is 10.9. The van der Waals surface area contributed by atoms with Crippen molar-refractivity contribution < 1.29 is 29.2 Å². The van der Waals surface area contributed by atoms with Crippen molar-refractivity contribution in [3.63, 3.8) is 0 Å². The number of carbonyl (C=O) groups excluding carboxylic acids is 1. The predicted octanol–water partition coefficient (Wildman–Crippen LogP) is 6.20. The Kier molecular flexibility index (Phi) is 7.72. The summed E-state index contributed by atoms with van der Waals surface area (Å²) < 4.78 is 18.3. The molecule has 4 fully saturated rings. The second kappa shape index (κ2) is 10.2. The van der Waals surface area contributed by atoms with Gasteiger partial charge in [0.1, 0.15) is 12.2 Å². The number of allylic oxidation sites excluding steroid dienone is 1. The van der Waals surface area contributed by atoms with Crippen molar-refractivity contribution in [2.45, 2.75) is 131 Å². The summed E-state index contributed by atoms with van der Waals surface area (Å²) >= 11 is 0. The third-order valence-corrected chi connectivity index (χ3v) is 12.9. The van der Waals surface area contributed by atoms with E-state index in [1.54, 1.807) is 0 Å². The normalized spacial score (nSPS) is 48.4. The standard InChI is InChI=1S/C34H54O6/c1-10-38-30-21(17-23(40-30)29(37)19(2)3)22-11-12-24-32(22,7)15-13-25-33(8)16-14-28(39-20(4)35)31(5,6)26(33)18-27(36)34(24,25)9/h12,21-23,25-30,36-37H,2,10-11,13-18H2,1,3-9H3/t21-,22-,23+,25+,26-,27+,28+,29+,30+,32-,33+,34-/m0/s1. The van der Waals surface area contributed by atoms with Gasteiger partial charge in [0, 0.05) is 30.3 Å². The van der Waals surface area contributed by atoms with Gasteiger partial charge in [0.15, 0.2) is 6.29 Å². The van der Waals surface area contributed by atoms with Gasteiger partial charge in [-0.15, -0.1) is 0 Å². The van der Waals surface area contributed by atoms with E-state index in [0.29, 0.717) is 18.4 Å². The highest BCUT2D eigenvalue weighted by Crippen LogP contribution is 2.73. The topological polar surface area (TPSA) is 85.2 Å². The lowest BCUT2D eigenvalue weighted by molar-refractivity contribution is -0.221. The Bertz CT molecular complexity index is 1050. The minimum Gasteiger partial charge on any atom is -0.462 e. The first-order valence-electron chi connectivity index (χ1n) is 15.8. The van der Waals surface area contributed by atoms with Crippen molar-refractivity contribution in [2.24, 2.45) is 45.3 Å². The molecule has 4 aliphatic carbocycles. The number of esters is 1. The van der Waals surface area contributed by atoms with Crippen LogP contribution in [-0.4, -0.2) is 53.5 Å². The molecular weight excluding hydrogens is 504 g/mol. The van der Waals surface area contributed by atoms with E-state index in [1.807, 2.05) is 13.8 Å². The average Bonchev–Trinajstić information content (AvgIpc) is 3.43. The molecule has 226 valence electrons. The summed E-state index contributed by atoms with van der Waals surface area (Å²) in [6.07, 6.45) is 7.07. The molecule has 0 amide bonds. The lowest BCUT2D eigenvalue weighted by Crippen LogP contribution is -2.65. The van der Waals surface area contributed by atoms with Crippen LogP contribution in [-0.2, 0) is 19.0 Å². The van der Waals surface area contributed by atoms with E-state index in [4.69, 9.17) is 14.2 Å². The molecule has 1 heterocycles. The van der Waals surface area contributed by atoms with Crippen LogP contribution in [0.3, 0.4) is 0 Å². The number of fused-ring (bicyclic) bond motifs is 5. The van der Waals surface area contributed by atoms with Gasteiger partial charge in [-0.25, -0.2) is 0 Å². The number of hydrogen-bond acceptors (Lipinski definition) is 6. The van der Waals surface area contributed by atoms with Crippen LogP contribution in [0.25, 0.3) is 0 Å². The fourth-order valence-electron chi connectivity index (χ4n) is 10.9. The van der Waals surface area contributed by atoms with Gasteiger partial charge >= 0.3 is 5.97 Å². The fraction of sp³-hybridized carbons (Fsp3) is 0.853. The summed E-state index contributed by atoms with van der Waals surface area (Å²) in [5, 5.41) is 22.9. The SMILES string of the molecule is C=C(C)[C@@H](O)[C@H]1C[C@@H]([C@@H]2CC=C3[C@]4(C)[C@H](O)C[C@H]5C(C)(C)[C@H](OC(C)=O)CC[C@]5(C)[C@H]4CC[C@]32C)[C@H](OCC)O1. The summed E-state index contributed by atoms with van der Waals surface area (Å²) in [6.45, 7) is 21.6. The first kappa shape index (κ1) is 30.3. The predicted molar refractivity (Wildman–Crippen MR) is 155 cm³/mol. The van der Waals surface area contributed by atoms with E-state index in [-0.39, 0.29) is 58.0 Å². The van der Waals surface area contributed by atoms with Gasteiger partial charge in [0.05, 0.1) is 12.2 Å². The Morgan fingerprint density at radius 2 is 1.82 bits per heavy atom. The molecule has 40 heavy (non-hydrogen) atoms. The van der Waals surface area contributed by atoms with Crippen molar-refractivity contribution in [3.05, 3.63) is 23.8 Å². The lowest BCUT2D eigenvalue weighted by Gasteiger charge is -2.68. The van der Waals surface area contributed by atoms with Crippen LogP contribution in [0.15, 0.2) is 23.8 Å². The molecular formula is C34H54O6. The number of rotatable bonds is 6. The Balaban J connectivity index is 1.44. The summed E-state index contributed by atoms with van der Waals surface area (Å²) in [7, 11) is 0.